The van der Waals surface area contributed by atoms with Crippen LogP contribution in [-0.4, -0.2) is 24.5 Å². The molecule has 5 nitrogen and oxygen atoms in total. The fraction of sp³-hybridized carbons (Fsp3) is 0.0588. The first-order valence-electron chi connectivity index (χ1n) is 7.00. The summed E-state index contributed by atoms with van der Waals surface area (Å²) in [7, 11) is -3.27. The van der Waals surface area contributed by atoms with E-state index in [1.165, 1.54) is 24.4 Å². The zero-order chi connectivity index (χ0) is 17.3. The summed E-state index contributed by atoms with van der Waals surface area (Å²) in [6.07, 6.45) is 2.36. The third kappa shape index (κ3) is 3.39. The first-order valence-corrected chi connectivity index (χ1v) is 9.27. The summed E-state index contributed by atoms with van der Waals surface area (Å²) in [5.41, 5.74) is 1.79. The van der Waals surface area contributed by atoms with Crippen LogP contribution in [0.1, 0.15) is 0 Å². The molecule has 0 aliphatic heterocycles. The maximum atomic E-state index is 11.7. The number of hydrogen-bond donors (Lipinski definition) is 0. The Hall–Kier alpha value is -2.44. The monoisotopic (exact) mass is 360 g/mol. The van der Waals surface area contributed by atoms with E-state index in [2.05, 4.69) is 5.10 Å². The molecule has 1 aromatic heterocycles. The molecule has 122 valence electrons. The van der Waals surface area contributed by atoms with Crippen LogP contribution < -0.4 is 5.43 Å². The Labute approximate surface area is 144 Å². The van der Waals surface area contributed by atoms with E-state index in [4.69, 9.17) is 11.6 Å². The van der Waals surface area contributed by atoms with Gasteiger partial charge in [-0.05, 0) is 36.4 Å². The van der Waals surface area contributed by atoms with Gasteiger partial charge in [0.05, 0.1) is 22.5 Å². The molecule has 0 saturated heterocycles. The van der Waals surface area contributed by atoms with Gasteiger partial charge in [0.2, 0.25) is 5.43 Å². The molecule has 1 heterocycles. The quantitative estimate of drug-likeness (QED) is 0.720. The topological polar surface area (TPSA) is 69.0 Å². The number of aromatic nitrogens is 2. The molecule has 0 aliphatic carbocycles. The van der Waals surface area contributed by atoms with Crippen molar-refractivity contribution in [2.24, 2.45) is 0 Å². The van der Waals surface area contributed by atoms with Crippen molar-refractivity contribution in [3.05, 3.63) is 76.0 Å². The van der Waals surface area contributed by atoms with Crippen molar-refractivity contribution >= 4 is 21.4 Å². The molecule has 2 aromatic carbocycles. The van der Waals surface area contributed by atoms with Crippen molar-refractivity contribution in [1.29, 1.82) is 0 Å². The van der Waals surface area contributed by atoms with Crippen LogP contribution in [0.2, 0.25) is 5.02 Å². The van der Waals surface area contributed by atoms with Gasteiger partial charge in [0.15, 0.2) is 9.84 Å². The van der Waals surface area contributed by atoms with Gasteiger partial charge in [-0.3, -0.25) is 4.79 Å². The fourth-order valence-electron chi connectivity index (χ4n) is 2.28. The SMILES string of the molecule is CS(=O)(=O)c1ccc(-n2ncc(=O)cc2-c2ccc(Cl)cc2)cc1. The Morgan fingerprint density at radius 2 is 1.62 bits per heavy atom. The van der Waals surface area contributed by atoms with Gasteiger partial charge in [-0.15, -0.1) is 0 Å². The summed E-state index contributed by atoms with van der Waals surface area (Å²) >= 11 is 5.91. The minimum Gasteiger partial charge on any atom is -0.288 e. The highest BCUT2D eigenvalue weighted by Gasteiger charge is 2.10. The van der Waals surface area contributed by atoms with Crippen molar-refractivity contribution in [1.82, 2.24) is 9.78 Å². The summed E-state index contributed by atoms with van der Waals surface area (Å²) in [6.45, 7) is 0. The van der Waals surface area contributed by atoms with Crippen molar-refractivity contribution in [3.63, 3.8) is 0 Å². The Morgan fingerprint density at radius 3 is 2.21 bits per heavy atom. The lowest BCUT2D eigenvalue weighted by Gasteiger charge is -2.12. The summed E-state index contributed by atoms with van der Waals surface area (Å²) in [5.74, 6) is 0. The number of nitrogens with zero attached hydrogens (tertiary/aromatic N) is 2. The first kappa shape index (κ1) is 16.4. The lowest BCUT2D eigenvalue weighted by atomic mass is 10.1. The van der Waals surface area contributed by atoms with Crippen LogP contribution in [0.5, 0.6) is 0 Å². The normalized spacial score (nSPS) is 11.4. The second-order valence-electron chi connectivity index (χ2n) is 5.26. The van der Waals surface area contributed by atoms with Crippen molar-refractivity contribution < 1.29 is 8.42 Å². The molecular formula is C17H13ClN2O3S. The molecule has 0 atom stereocenters. The molecule has 7 heteroatoms. The number of benzene rings is 2. The van der Waals surface area contributed by atoms with Crippen LogP contribution in [-0.2, 0) is 9.84 Å². The molecule has 0 unspecified atom stereocenters. The number of halogens is 1. The van der Waals surface area contributed by atoms with E-state index in [1.807, 2.05) is 0 Å². The largest absolute Gasteiger partial charge is 0.288 e. The first-order chi connectivity index (χ1) is 11.3. The van der Waals surface area contributed by atoms with E-state index in [0.717, 1.165) is 11.8 Å². The second kappa shape index (κ2) is 6.22. The Kier molecular flexibility index (Phi) is 4.26. The molecular weight excluding hydrogens is 348 g/mol. The average Bonchev–Trinajstić information content (AvgIpc) is 2.55. The van der Waals surface area contributed by atoms with Gasteiger partial charge >= 0.3 is 0 Å². The molecule has 0 amide bonds. The summed E-state index contributed by atoms with van der Waals surface area (Å²) in [4.78, 5) is 11.9. The molecule has 3 rings (SSSR count). The maximum Gasteiger partial charge on any atom is 0.200 e. The third-order valence-electron chi connectivity index (χ3n) is 3.46. The maximum absolute atomic E-state index is 11.7. The van der Waals surface area contributed by atoms with Crippen LogP contribution in [0.15, 0.2) is 70.5 Å². The lowest BCUT2D eigenvalue weighted by molar-refractivity contribution is 0.602. The standard InChI is InChI=1S/C17H13ClN2O3S/c1-24(22,23)16-8-6-14(7-9-16)20-17(10-15(21)11-19-20)12-2-4-13(18)5-3-12/h2-11H,1H3. The molecule has 0 saturated carbocycles. The minimum absolute atomic E-state index is 0.219. The highest BCUT2D eigenvalue weighted by molar-refractivity contribution is 7.90. The number of sulfone groups is 1. The van der Waals surface area contributed by atoms with E-state index in [-0.39, 0.29) is 10.3 Å². The molecule has 0 spiro atoms. The van der Waals surface area contributed by atoms with Gasteiger partial charge in [0, 0.05) is 22.9 Å². The van der Waals surface area contributed by atoms with Gasteiger partial charge in [-0.1, -0.05) is 23.7 Å². The summed E-state index contributed by atoms with van der Waals surface area (Å²) in [5, 5.41) is 4.75. The lowest BCUT2D eigenvalue weighted by Crippen LogP contribution is -2.11. The van der Waals surface area contributed by atoms with Crippen LogP contribution in [0, 0.1) is 0 Å². The fourth-order valence-corrected chi connectivity index (χ4v) is 3.03. The third-order valence-corrected chi connectivity index (χ3v) is 4.84. The van der Waals surface area contributed by atoms with Crippen molar-refractivity contribution in [2.75, 3.05) is 6.26 Å². The average molecular weight is 361 g/mol. The Morgan fingerprint density at radius 1 is 1.00 bits per heavy atom. The molecule has 3 aromatic rings. The van der Waals surface area contributed by atoms with Crippen LogP contribution >= 0.6 is 11.6 Å². The molecule has 24 heavy (non-hydrogen) atoms. The second-order valence-corrected chi connectivity index (χ2v) is 7.71. The van der Waals surface area contributed by atoms with E-state index in [0.29, 0.717) is 16.4 Å². The zero-order valence-electron chi connectivity index (χ0n) is 12.7. The molecule has 0 aliphatic rings. The molecule has 0 bridgehead atoms. The minimum atomic E-state index is -3.27. The zero-order valence-corrected chi connectivity index (χ0v) is 14.3. The van der Waals surface area contributed by atoms with Crippen LogP contribution in [0.25, 0.3) is 16.9 Å². The molecule has 0 N–H and O–H groups in total. The predicted molar refractivity (Wildman–Crippen MR) is 93.4 cm³/mol. The highest BCUT2D eigenvalue weighted by Crippen LogP contribution is 2.23. The van der Waals surface area contributed by atoms with E-state index in [9.17, 15) is 13.2 Å². The van der Waals surface area contributed by atoms with Crippen LogP contribution in [0.4, 0.5) is 0 Å². The highest BCUT2D eigenvalue weighted by atomic mass is 35.5. The van der Waals surface area contributed by atoms with Crippen molar-refractivity contribution in [3.8, 4) is 16.9 Å². The summed E-state index contributed by atoms with van der Waals surface area (Å²) < 4.78 is 24.7. The Bertz CT molecular complexity index is 1040. The molecule has 0 fully saturated rings. The van der Waals surface area contributed by atoms with Crippen molar-refractivity contribution in [2.45, 2.75) is 4.90 Å². The Balaban J connectivity index is 2.15. The molecule has 0 radical (unpaired) electrons. The number of hydrogen-bond acceptors (Lipinski definition) is 4. The van der Waals surface area contributed by atoms with Gasteiger partial charge < -0.3 is 0 Å². The van der Waals surface area contributed by atoms with Gasteiger partial charge in [0.25, 0.3) is 0 Å². The smallest absolute Gasteiger partial charge is 0.200 e. The van der Waals surface area contributed by atoms with Gasteiger partial charge in [-0.25, -0.2) is 13.1 Å². The van der Waals surface area contributed by atoms with Crippen LogP contribution in [0.3, 0.4) is 0 Å². The van der Waals surface area contributed by atoms with Gasteiger partial charge in [0.1, 0.15) is 0 Å². The number of rotatable bonds is 3. The van der Waals surface area contributed by atoms with E-state index in [1.54, 1.807) is 41.1 Å². The van der Waals surface area contributed by atoms with Gasteiger partial charge in [-0.2, -0.15) is 5.10 Å². The van der Waals surface area contributed by atoms with E-state index < -0.39 is 9.84 Å². The van der Waals surface area contributed by atoms with E-state index >= 15 is 0 Å². The predicted octanol–water partition coefficient (Wildman–Crippen LogP) is 2.96. The summed E-state index contributed by atoms with van der Waals surface area (Å²) in [6, 6.07) is 14.8.